The molecule has 5 atom stereocenters. The third-order valence-corrected chi connectivity index (χ3v) is 5.96. The molecule has 3 aliphatic carbocycles. The second-order valence-corrected chi connectivity index (χ2v) is 7.19. The van der Waals surface area contributed by atoms with Crippen LogP contribution in [0.4, 0.5) is 0 Å². The summed E-state index contributed by atoms with van der Waals surface area (Å²) >= 11 is 0. The lowest BCUT2D eigenvalue weighted by Crippen LogP contribution is -2.35. The van der Waals surface area contributed by atoms with Crippen LogP contribution in [0.3, 0.4) is 0 Å². The first-order chi connectivity index (χ1) is 8.30. The fraction of sp³-hybridized carbons (Fsp3) is 0.857. The summed E-state index contributed by atoms with van der Waals surface area (Å²) in [6.45, 7) is 6.85. The topological polar surface area (TPSA) is 72.2 Å². The minimum absolute atomic E-state index is 0.0321. The number of fused-ring (bicyclic) bond motifs is 3. The summed E-state index contributed by atoms with van der Waals surface area (Å²) < 4.78 is 0. The van der Waals surface area contributed by atoms with E-state index in [1.807, 2.05) is 0 Å². The fourth-order valence-electron chi connectivity index (χ4n) is 4.80. The Balaban J connectivity index is 1.70. The first-order valence-corrected chi connectivity index (χ1v) is 6.86. The van der Waals surface area contributed by atoms with E-state index in [1.165, 1.54) is 6.42 Å². The molecule has 0 heterocycles. The van der Waals surface area contributed by atoms with Gasteiger partial charge >= 0.3 is 0 Å². The van der Waals surface area contributed by atoms with E-state index in [-0.39, 0.29) is 23.8 Å². The maximum atomic E-state index is 12.1. The lowest BCUT2D eigenvalue weighted by atomic mass is 9.90. The Morgan fingerprint density at radius 1 is 1.28 bits per heavy atom. The normalized spacial score (nSPS) is 46.6. The van der Waals surface area contributed by atoms with Gasteiger partial charge in [0, 0.05) is 5.92 Å². The van der Waals surface area contributed by atoms with Crippen LogP contribution >= 0.6 is 0 Å². The number of carbonyl (C=O) groups excluding carboxylic acids is 2. The predicted molar refractivity (Wildman–Crippen MR) is 67.3 cm³/mol. The third-order valence-electron chi connectivity index (χ3n) is 5.96. The molecule has 2 amide bonds. The number of hydrogen-bond donors (Lipinski definition) is 2. The van der Waals surface area contributed by atoms with Crippen molar-refractivity contribution in [3.63, 3.8) is 0 Å². The van der Waals surface area contributed by atoms with Gasteiger partial charge in [-0.15, -0.1) is 0 Å². The molecular formula is C14H22N2O2. The van der Waals surface area contributed by atoms with Gasteiger partial charge in [-0.2, -0.15) is 0 Å². The maximum absolute atomic E-state index is 12.1. The molecule has 4 heteroatoms. The standard InChI is InChI=1S/C14H22N2O2/c1-13(2)7-4-5-14(3)10(9(7)13)11(14)12(18)16-6-8(15)17/h7,9-11H,4-6H2,1-3H3,(H2,15,17)(H,16,18)/t7-,9-,10-,11?,14-/m1/s1. The first-order valence-electron chi connectivity index (χ1n) is 6.86. The van der Waals surface area contributed by atoms with Crippen molar-refractivity contribution in [3.05, 3.63) is 0 Å². The Hall–Kier alpha value is -1.06. The Labute approximate surface area is 108 Å². The molecule has 0 aromatic carbocycles. The summed E-state index contributed by atoms with van der Waals surface area (Å²) in [5.41, 5.74) is 5.66. The van der Waals surface area contributed by atoms with Crippen LogP contribution in [0.2, 0.25) is 0 Å². The molecule has 0 spiro atoms. The molecule has 3 saturated carbocycles. The van der Waals surface area contributed by atoms with Crippen LogP contribution in [0.25, 0.3) is 0 Å². The molecule has 4 nitrogen and oxygen atoms in total. The quantitative estimate of drug-likeness (QED) is 0.781. The smallest absolute Gasteiger partial charge is 0.236 e. The van der Waals surface area contributed by atoms with E-state index in [2.05, 4.69) is 26.1 Å². The van der Waals surface area contributed by atoms with Crippen LogP contribution < -0.4 is 11.1 Å². The monoisotopic (exact) mass is 250 g/mol. The van der Waals surface area contributed by atoms with Crippen molar-refractivity contribution in [1.82, 2.24) is 5.32 Å². The molecule has 3 N–H and O–H groups in total. The highest BCUT2D eigenvalue weighted by Crippen LogP contribution is 2.81. The van der Waals surface area contributed by atoms with Crippen LogP contribution in [0, 0.1) is 34.5 Å². The Morgan fingerprint density at radius 3 is 2.56 bits per heavy atom. The second kappa shape index (κ2) is 3.28. The molecule has 3 fully saturated rings. The van der Waals surface area contributed by atoms with E-state index in [0.717, 1.165) is 12.3 Å². The van der Waals surface area contributed by atoms with Crippen LogP contribution in [-0.2, 0) is 9.59 Å². The lowest BCUT2D eigenvalue weighted by molar-refractivity contribution is -0.126. The number of primary amides is 1. The molecule has 0 saturated heterocycles. The van der Waals surface area contributed by atoms with Gasteiger partial charge in [0.25, 0.3) is 0 Å². The van der Waals surface area contributed by atoms with Crippen LogP contribution in [0.15, 0.2) is 0 Å². The molecule has 3 rings (SSSR count). The molecule has 0 aliphatic heterocycles. The van der Waals surface area contributed by atoms with Gasteiger partial charge < -0.3 is 11.1 Å². The van der Waals surface area contributed by atoms with Gasteiger partial charge in [-0.05, 0) is 41.4 Å². The van der Waals surface area contributed by atoms with Crippen LogP contribution in [0.5, 0.6) is 0 Å². The number of amides is 2. The second-order valence-electron chi connectivity index (χ2n) is 7.19. The zero-order valence-corrected chi connectivity index (χ0v) is 11.3. The number of nitrogens with two attached hydrogens (primary N) is 1. The number of carbonyl (C=O) groups is 2. The zero-order valence-electron chi connectivity index (χ0n) is 11.3. The Bertz CT molecular complexity index is 432. The molecule has 0 aromatic heterocycles. The maximum Gasteiger partial charge on any atom is 0.236 e. The highest BCUT2D eigenvalue weighted by molar-refractivity contribution is 5.87. The number of nitrogens with one attached hydrogen (secondary N) is 1. The largest absolute Gasteiger partial charge is 0.368 e. The summed E-state index contributed by atoms with van der Waals surface area (Å²) in [6, 6.07) is 0. The van der Waals surface area contributed by atoms with Crippen LogP contribution in [-0.4, -0.2) is 18.4 Å². The van der Waals surface area contributed by atoms with Gasteiger partial charge in [0.15, 0.2) is 0 Å². The third kappa shape index (κ3) is 1.38. The van der Waals surface area contributed by atoms with Crippen molar-refractivity contribution in [2.45, 2.75) is 33.6 Å². The van der Waals surface area contributed by atoms with Gasteiger partial charge in [-0.3, -0.25) is 9.59 Å². The summed E-state index contributed by atoms with van der Waals surface area (Å²) in [4.78, 5) is 22.9. The van der Waals surface area contributed by atoms with Gasteiger partial charge in [-0.25, -0.2) is 0 Å². The number of hydrogen-bond acceptors (Lipinski definition) is 2. The van der Waals surface area contributed by atoms with Gasteiger partial charge in [0.1, 0.15) is 0 Å². The zero-order chi connectivity index (χ0) is 13.3. The molecular weight excluding hydrogens is 228 g/mol. The average molecular weight is 250 g/mol. The number of rotatable bonds is 3. The summed E-state index contributed by atoms with van der Waals surface area (Å²) in [7, 11) is 0. The molecule has 18 heavy (non-hydrogen) atoms. The van der Waals surface area contributed by atoms with Crippen molar-refractivity contribution < 1.29 is 9.59 Å². The summed E-state index contributed by atoms with van der Waals surface area (Å²) in [6.07, 6.45) is 2.40. The van der Waals surface area contributed by atoms with Gasteiger partial charge in [0.2, 0.25) is 11.8 Å². The summed E-state index contributed by atoms with van der Waals surface area (Å²) in [5.74, 6) is 1.71. The molecule has 1 unspecified atom stereocenters. The molecule has 0 bridgehead atoms. The van der Waals surface area contributed by atoms with E-state index in [4.69, 9.17) is 5.73 Å². The van der Waals surface area contributed by atoms with Gasteiger partial charge in [0.05, 0.1) is 6.54 Å². The molecule has 0 radical (unpaired) electrons. The van der Waals surface area contributed by atoms with Crippen LogP contribution in [0.1, 0.15) is 33.6 Å². The van der Waals surface area contributed by atoms with Gasteiger partial charge in [-0.1, -0.05) is 20.8 Å². The van der Waals surface area contributed by atoms with Crippen molar-refractivity contribution in [1.29, 1.82) is 0 Å². The first kappa shape index (κ1) is 12.0. The van der Waals surface area contributed by atoms with E-state index in [9.17, 15) is 9.59 Å². The Morgan fingerprint density at radius 2 is 1.94 bits per heavy atom. The van der Waals surface area contributed by atoms with Crippen molar-refractivity contribution >= 4 is 11.8 Å². The SMILES string of the molecule is CC1(C)[C@@H]2[C@H]1CC[C@@]1(C)C(C(=O)NCC(N)=O)[C@@H]21. The van der Waals surface area contributed by atoms with Crippen molar-refractivity contribution in [3.8, 4) is 0 Å². The Kier molecular flexibility index (Phi) is 2.19. The van der Waals surface area contributed by atoms with E-state index in [0.29, 0.717) is 17.3 Å². The van der Waals surface area contributed by atoms with E-state index < -0.39 is 5.91 Å². The molecule has 0 aromatic rings. The van der Waals surface area contributed by atoms with E-state index in [1.54, 1.807) is 0 Å². The molecule has 100 valence electrons. The lowest BCUT2D eigenvalue weighted by Gasteiger charge is -2.15. The summed E-state index contributed by atoms with van der Waals surface area (Å²) in [5, 5.41) is 2.68. The minimum Gasteiger partial charge on any atom is -0.368 e. The van der Waals surface area contributed by atoms with Crippen molar-refractivity contribution in [2.75, 3.05) is 6.54 Å². The highest BCUT2D eigenvalue weighted by Gasteiger charge is 2.78. The average Bonchev–Trinajstić information content (AvgIpc) is 3.06. The van der Waals surface area contributed by atoms with E-state index >= 15 is 0 Å². The van der Waals surface area contributed by atoms with Crippen molar-refractivity contribution in [2.24, 2.45) is 40.2 Å². The minimum atomic E-state index is -0.471. The predicted octanol–water partition coefficient (Wildman–Crippen LogP) is 0.906. The molecule has 3 aliphatic rings. The highest BCUT2D eigenvalue weighted by atomic mass is 16.2. The fourth-order valence-corrected chi connectivity index (χ4v) is 4.80.